The second-order valence-electron chi connectivity index (χ2n) is 17.4. The Morgan fingerprint density at radius 3 is 2.04 bits per heavy atom. The van der Waals surface area contributed by atoms with Crippen molar-refractivity contribution in [1.82, 2.24) is 19.9 Å². The first-order valence-corrected chi connectivity index (χ1v) is 17.4. The molecule has 0 bridgehead atoms. The first-order chi connectivity index (χ1) is 22.5. The minimum atomic E-state index is -0.226. The van der Waals surface area contributed by atoms with Gasteiger partial charge in [-0.3, -0.25) is 4.98 Å². The zero-order chi connectivity index (χ0) is 34.3. The van der Waals surface area contributed by atoms with Crippen molar-refractivity contribution in [3.8, 4) is 34.1 Å². The molecule has 0 fully saturated rings. The van der Waals surface area contributed by atoms with Gasteiger partial charge in [0.25, 0.3) is 0 Å². The highest BCUT2D eigenvalue weighted by Crippen LogP contribution is 2.52. The zero-order valence-electron chi connectivity index (χ0n) is 30.5. The summed E-state index contributed by atoms with van der Waals surface area (Å²) in [5, 5.41) is 6.82. The van der Waals surface area contributed by atoms with Gasteiger partial charge in [-0.2, -0.15) is 0 Å². The van der Waals surface area contributed by atoms with Crippen LogP contribution in [0.5, 0.6) is 11.5 Å². The maximum absolute atomic E-state index is 7.00. The summed E-state index contributed by atoms with van der Waals surface area (Å²) >= 11 is 0. The number of aromatic nitrogens is 4. The van der Waals surface area contributed by atoms with Gasteiger partial charge >= 0.3 is 0 Å². The second-order valence-corrected chi connectivity index (χ2v) is 17.4. The lowest BCUT2D eigenvalue weighted by Gasteiger charge is -2.26. The summed E-state index contributed by atoms with van der Waals surface area (Å²) in [7, 11) is 0. The Kier molecular flexibility index (Phi) is 7.43. The predicted octanol–water partition coefficient (Wildman–Crippen LogP) is 11.5. The van der Waals surface area contributed by atoms with Gasteiger partial charge in [-0.05, 0) is 69.5 Å². The molecule has 5 nitrogen and oxygen atoms in total. The predicted molar refractivity (Wildman–Crippen MR) is 200 cm³/mol. The summed E-state index contributed by atoms with van der Waals surface area (Å²) in [5.41, 5.74) is 5.38. The van der Waals surface area contributed by atoms with E-state index in [1.165, 1.54) is 21.9 Å². The van der Waals surface area contributed by atoms with Gasteiger partial charge in [0, 0.05) is 39.1 Å². The van der Waals surface area contributed by atoms with E-state index in [4.69, 9.17) is 24.7 Å². The van der Waals surface area contributed by atoms with E-state index < -0.39 is 0 Å². The van der Waals surface area contributed by atoms with Gasteiger partial charge in [0.05, 0.1) is 11.1 Å². The molecule has 0 saturated carbocycles. The van der Waals surface area contributed by atoms with Crippen LogP contribution in [0.3, 0.4) is 0 Å². The average Bonchev–Trinajstić information content (AvgIpc) is 2.99. The Hall–Kier alpha value is -4.38. The summed E-state index contributed by atoms with van der Waals surface area (Å²) in [5.74, 6) is 4.55. The summed E-state index contributed by atoms with van der Waals surface area (Å²) in [6.45, 7) is 24.4. The minimum absolute atomic E-state index is 0.205. The third-order valence-corrected chi connectivity index (χ3v) is 9.14. The van der Waals surface area contributed by atoms with Gasteiger partial charge in [-0.25, -0.2) is 15.0 Å². The Balaban J connectivity index is 1.52. The van der Waals surface area contributed by atoms with Crippen LogP contribution < -0.4 is 4.74 Å². The van der Waals surface area contributed by atoms with E-state index in [1.54, 1.807) is 0 Å². The van der Waals surface area contributed by atoms with Crippen molar-refractivity contribution in [3.63, 3.8) is 0 Å². The van der Waals surface area contributed by atoms with Gasteiger partial charge < -0.3 is 4.74 Å². The second kappa shape index (κ2) is 11.1. The molecule has 246 valence electrons. The molecule has 6 aromatic rings. The highest BCUT2D eigenvalue weighted by atomic mass is 16.5. The van der Waals surface area contributed by atoms with Crippen LogP contribution in [0, 0.1) is 11.3 Å². The van der Waals surface area contributed by atoms with Gasteiger partial charge in [0.1, 0.15) is 23.1 Å². The number of ether oxygens (including phenoxy) is 1. The molecule has 0 amide bonds. The van der Waals surface area contributed by atoms with E-state index in [-0.39, 0.29) is 16.2 Å². The fourth-order valence-corrected chi connectivity index (χ4v) is 7.01. The molecular weight excluding hydrogens is 589 g/mol. The van der Waals surface area contributed by atoms with Gasteiger partial charge in [0.15, 0.2) is 5.82 Å². The third kappa shape index (κ3) is 5.71. The van der Waals surface area contributed by atoms with E-state index in [9.17, 15) is 0 Å². The lowest BCUT2D eigenvalue weighted by atomic mass is 9.85. The highest BCUT2D eigenvalue weighted by molar-refractivity contribution is 6.20. The molecule has 0 spiro atoms. The molecule has 0 radical (unpaired) electrons. The molecule has 2 aromatic heterocycles. The molecule has 0 saturated heterocycles. The monoisotopic (exact) mass is 636 g/mol. The maximum Gasteiger partial charge on any atom is 0.164 e. The van der Waals surface area contributed by atoms with Crippen molar-refractivity contribution in [1.29, 1.82) is 0 Å². The van der Waals surface area contributed by atoms with E-state index in [0.29, 0.717) is 11.7 Å². The topological polar surface area (TPSA) is 60.8 Å². The minimum Gasteiger partial charge on any atom is -0.456 e. The number of hydrogen-bond acceptors (Lipinski definition) is 5. The number of benzene rings is 4. The van der Waals surface area contributed by atoms with Crippen LogP contribution in [-0.2, 0) is 23.7 Å². The third-order valence-electron chi connectivity index (χ3n) is 9.14. The van der Waals surface area contributed by atoms with E-state index >= 15 is 0 Å². The van der Waals surface area contributed by atoms with Gasteiger partial charge in [0.2, 0.25) is 0 Å². The average molecular weight is 637 g/mol. The van der Waals surface area contributed by atoms with Crippen LogP contribution >= 0.6 is 0 Å². The largest absolute Gasteiger partial charge is 0.456 e. The number of fused-ring (bicyclic) bond motifs is 5. The molecule has 1 aliphatic heterocycles. The van der Waals surface area contributed by atoms with Crippen LogP contribution in [0.4, 0.5) is 0 Å². The zero-order valence-corrected chi connectivity index (χ0v) is 30.5. The van der Waals surface area contributed by atoms with Crippen LogP contribution in [0.2, 0.25) is 0 Å². The van der Waals surface area contributed by atoms with Crippen molar-refractivity contribution >= 4 is 32.3 Å². The van der Waals surface area contributed by atoms with Crippen LogP contribution in [0.25, 0.3) is 55.0 Å². The van der Waals surface area contributed by atoms with Gasteiger partial charge in [-0.1, -0.05) is 113 Å². The number of pyridine rings is 1. The summed E-state index contributed by atoms with van der Waals surface area (Å²) in [6.07, 6.45) is 3.89. The van der Waals surface area contributed by atoms with Crippen molar-refractivity contribution < 1.29 is 4.74 Å². The van der Waals surface area contributed by atoms with E-state index in [1.807, 2.05) is 6.20 Å². The molecule has 1 aliphatic rings. The molecule has 4 aromatic carbocycles. The Labute approximate surface area is 285 Å². The lowest BCUT2D eigenvalue weighted by Crippen LogP contribution is -2.24. The Morgan fingerprint density at radius 2 is 1.40 bits per heavy atom. The molecule has 0 unspecified atom stereocenters. The summed E-state index contributed by atoms with van der Waals surface area (Å²) in [6, 6.07) is 20.0. The smallest absolute Gasteiger partial charge is 0.164 e. The van der Waals surface area contributed by atoms with Crippen molar-refractivity contribution in [2.45, 2.75) is 99.8 Å². The SMILES string of the molecule is CC(C)Cc1c2c(cc3cc(CC(C)(C)C)ccc13)-c1nccc3c1c(cc1cccc(-c4nc(C(C)(C)C)nc(C(C)(C)C)n4)c13)O2. The molecule has 0 aliphatic carbocycles. The Morgan fingerprint density at radius 1 is 0.688 bits per heavy atom. The standard InChI is InChI=1S/C43H48N4O/c1-24(2)19-31-28-16-15-25(23-41(3,4)5)20-27(28)21-32-36-35-29(17-18-44-36)34-26(22-33(35)48-37(31)32)13-12-14-30(34)38-45-39(42(6,7)8)47-40(46-38)43(9,10)11/h12-18,20-22,24H,19,23H2,1-11H3. The number of nitrogens with zero attached hydrogens (tertiary/aromatic N) is 4. The van der Waals surface area contributed by atoms with Crippen molar-refractivity contribution in [2.24, 2.45) is 11.3 Å². The van der Waals surface area contributed by atoms with E-state index in [0.717, 1.165) is 74.4 Å². The molecule has 5 heteroatoms. The molecule has 48 heavy (non-hydrogen) atoms. The normalized spacial score (nSPS) is 13.4. The van der Waals surface area contributed by atoms with Crippen LogP contribution in [0.1, 0.15) is 98.9 Å². The van der Waals surface area contributed by atoms with Crippen LogP contribution in [0.15, 0.2) is 60.8 Å². The number of hydrogen-bond donors (Lipinski definition) is 0. The molecule has 3 heterocycles. The molecule has 0 atom stereocenters. The summed E-state index contributed by atoms with van der Waals surface area (Å²) < 4.78 is 7.00. The first kappa shape index (κ1) is 32.2. The quantitative estimate of drug-likeness (QED) is 0.180. The summed E-state index contributed by atoms with van der Waals surface area (Å²) in [4.78, 5) is 20.2. The lowest BCUT2D eigenvalue weighted by molar-refractivity contribution is 0.411. The molecule has 0 N–H and O–H groups in total. The van der Waals surface area contributed by atoms with Gasteiger partial charge in [-0.15, -0.1) is 0 Å². The first-order valence-electron chi connectivity index (χ1n) is 17.4. The Bertz CT molecular complexity index is 2210. The molecular formula is C43H48N4O. The maximum atomic E-state index is 7.00. The van der Waals surface area contributed by atoms with Crippen LogP contribution in [-0.4, -0.2) is 19.9 Å². The molecule has 7 rings (SSSR count). The van der Waals surface area contributed by atoms with E-state index in [2.05, 4.69) is 131 Å². The number of rotatable bonds is 4. The highest BCUT2D eigenvalue weighted by Gasteiger charge is 2.30. The van der Waals surface area contributed by atoms with Crippen molar-refractivity contribution in [3.05, 3.63) is 83.6 Å². The van der Waals surface area contributed by atoms with Crippen molar-refractivity contribution in [2.75, 3.05) is 0 Å². The fourth-order valence-electron chi connectivity index (χ4n) is 7.01. The fraction of sp³-hybridized carbons (Fsp3) is 0.395.